The van der Waals surface area contributed by atoms with Gasteiger partial charge in [0.2, 0.25) is 5.91 Å². The van der Waals surface area contributed by atoms with E-state index in [0.29, 0.717) is 23.5 Å². The Bertz CT molecular complexity index is 836. The molecule has 28 heavy (non-hydrogen) atoms. The van der Waals surface area contributed by atoms with Crippen molar-refractivity contribution in [1.29, 1.82) is 0 Å². The van der Waals surface area contributed by atoms with Crippen molar-refractivity contribution in [3.8, 4) is 5.75 Å². The third kappa shape index (κ3) is 5.84. The summed E-state index contributed by atoms with van der Waals surface area (Å²) >= 11 is 0. The van der Waals surface area contributed by atoms with E-state index in [9.17, 15) is 14.4 Å². The predicted octanol–water partition coefficient (Wildman–Crippen LogP) is 3.33. The Kier molecular flexibility index (Phi) is 7.56. The minimum absolute atomic E-state index is 0.233. The monoisotopic (exact) mass is 384 g/mol. The van der Waals surface area contributed by atoms with E-state index in [4.69, 9.17) is 9.47 Å². The third-order valence-corrected chi connectivity index (χ3v) is 4.03. The molecule has 0 fully saturated rings. The molecule has 0 aromatic heterocycles. The second kappa shape index (κ2) is 10.1. The van der Waals surface area contributed by atoms with Gasteiger partial charge in [-0.2, -0.15) is 0 Å². The highest BCUT2D eigenvalue weighted by molar-refractivity contribution is 5.96. The smallest absolute Gasteiger partial charge is 0.313 e. The zero-order chi connectivity index (χ0) is 20.5. The van der Waals surface area contributed by atoms with Crippen molar-refractivity contribution >= 4 is 29.2 Å². The van der Waals surface area contributed by atoms with Crippen LogP contribution in [-0.4, -0.2) is 31.5 Å². The lowest BCUT2D eigenvalue weighted by atomic mass is 9.97. The first kappa shape index (κ1) is 21.0. The minimum atomic E-state index is -0.505. The van der Waals surface area contributed by atoms with Gasteiger partial charge < -0.3 is 20.1 Å². The summed E-state index contributed by atoms with van der Waals surface area (Å²) in [7, 11) is 1.47. The van der Waals surface area contributed by atoms with E-state index in [1.54, 1.807) is 18.2 Å². The first-order chi connectivity index (χ1) is 13.4. The average Bonchev–Trinajstić information content (AvgIpc) is 2.67. The van der Waals surface area contributed by atoms with Gasteiger partial charge in [0, 0.05) is 12.6 Å². The van der Waals surface area contributed by atoms with Crippen molar-refractivity contribution in [1.82, 2.24) is 0 Å². The maximum absolute atomic E-state index is 12.4. The number of ether oxygens (including phenoxy) is 2. The highest BCUT2D eigenvalue weighted by Gasteiger charge is 2.21. The summed E-state index contributed by atoms with van der Waals surface area (Å²) in [5, 5.41) is 5.26. The maximum atomic E-state index is 12.4. The van der Waals surface area contributed by atoms with Crippen LogP contribution in [0, 0.1) is 0 Å². The van der Waals surface area contributed by atoms with E-state index in [1.165, 1.54) is 14.0 Å². The number of benzene rings is 2. The lowest BCUT2D eigenvalue weighted by Crippen LogP contribution is -2.24. The summed E-state index contributed by atoms with van der Waals surface area (Å²) in [6.07, 6.45) is 0.567. The summed E-state index contributed by atoms with van der Waals surface area (Å²) in [6, 6.07) is 14.1. The van der Waals surface area contributed by atoms with Crippen LogP contribution in [-0.2, 0) is 19.1 Å². The zero-order valence-corrected chi connectivity index (χ0v) is 16.2. The van der Waals surface area contributed by atoms with E-state index < -0.39 is 24.4 Å². The molecule has 0 unspecified atom stereocenters. The van der Waals surface area contributed by atoms with Crippen molar-refractivity contribution < 1.29 is 23.9 Å². The van der Waals surface area contributed by atoms with Crippen molar-refractivity contribution in [2.45, 2.75) is 26.2 Å². The van der Waals surface area contributed by atoms with Crippen LogP contribution in [0.1, 0.15) is 31.7 Å². The fourth-order valence-corrected chi connectivity index (χ4v) is 2.73. The predicted molar refractivity (Wildman–Crippen MR) is 106 cm³/mol. The summed E-state index contributed by atoms with van der Waals surface area (Å²) in [6.45, 7) is 2.85. The Morgan fingerprint density at radius 1 is 1.04 bits per heavy atom. The number of hydrogen-bond acceptors (Lipinski definition) is 5. The van der Waals surface area contributed by atoms with E-state index in [2.05, 4.69) is 10.6 Å². The fourth-order valence-electron chi connectivity index (χ4n) is 2.73. The molecular weight excluding hydrogens is 360 g/mol. The molecule has 2 aromatic rings. The SMILES string of the molecule is CC[C@H](C(=O)OCC(=O)Nc1cc(NC(C)=O)ccc1OC)c1ccccc1. The number of anilines is 2. The van der Waals surface area contributed by atoms with Gasteiger partial charge in [0.25, 0.3) is 5.91 Å². The van der Waals surface area contributed by atoms with Crippen LogP contribution < -0.4 is 15.4 Å². The van der Waals surface area contributed by atoms with Gasteiger partial charge in [-0.25, -0.2) is 0 Å². The largest absolute Gasteiger partial charge is 0.495 e. The Labute approximate surface area is 164 Å². The Balaban J connectivity index is 2.00. The molecule has 7 heteroatoms. The van der Waals surface area contributed by atoms with Gasteiger partial charge >= 0.3 is 5.97 Å². The number of carbonyl (C=O) groups excluding carboxylic acids is 3. The molecule has 0 aliphatic carbocycles. The summed E-state index contributed by atoms with van der Waals surface area (Å²) < 4.78 is 10.4. The van der Waals surface area contributed by atoms with Crippen LogP contribution in [0.5, 0.6) is 5.75 Å². The standard InChI is InChI=1S/C21H24N2O5/c1-4-17(15-8-6-5-7-9-15)21(26)28-13-20(25)23-18-12-16(22-14(2)24)10-11-19(18)27-3/h5-12,17H,4,13H2,1-3H3,(H,22,24)(H,23,25)/t17-/m0/s1. The van der Waals surface area contributed by atoms with Crippen LogP contribution in [0.15, 0.2) is 48.5 Å². The second-order valence-corrected chi connectivity index (χ2v) is 6.12. The third-order valence-electron chi connectivity index (χ3n) is 4.03. The Morgan fingerprint density at radius 3 is 2.36 bits per heavy atom. The van der Waals surface area contributed by atoms with Crippen molar-refractivity contribution in [3.05, 3.63) is 54.1 Å². The zero-order valence-electron chi connectivity index (χ0n) is 16.2. The molecule has 7 nitrogen and oxygen atoms in total. The van der Waals surface area contributed by atoms with E-state index in [-0.39, 0.29) is 5.91 Å². The molecule has 0 saturated carbocycles. The summed E-state index contributed by atoms with van der Waals surface area (Å²) in [5.74, 6) is -1.20. The van der Waals surface area contributed by atoms with Gasteiger partial charge in [-0.05, 0) is 30.2 Å². The molecular formula is C21H24N2O5. The number of hydrogen-bond donors (Lipinski definition) is 2. The molecule has 0 spiro atoms. The number of carbonyl (C=O) groups is 3. The molecule has 0 radical (unpaired) electrons. The molecule has 2 rings (SSSR count). The molecule has 2 aromatic carbocycles. The fraction of sp³-hybridized carbons (Fsp3) is 0.286. The van der Waals surface area contributed by atoms with Crippen LogP contribution in [0.4, 0.5) is 11.4 Å². The minimum Gasteiger partial charge on any atom is -0.495 e. The number of amides is 2. The van der Waals surface area contributed by atoms with Crippen LogP contribution in [0.3, 0.4) is 0 Å². The quantitative estimate of drug-likeness (QED) is 0.681. The highest BCUT2D eigenvalue weighted by atomic mass is 16.5. The first-order valence-corrected chi connectivity index (χ1v) is 8.91. The van der Waals surface area contributed by atoms with Gasteiger partial charge in [-0.15, -0.1) is 0 Å². The van der Waals surface area contributed by atoms with Crippen LogP contribution in [0.25, 0.3) is 0 Å². The topological polar surface area (TPSA) is 93.7 Å². The van der Waals surface area contributed by atoms with E-state index in [0.717, 1.165) is 5.56 Å². The van der Waals surface area contributed by atoms with Crippen molar-refractivity contribution in [2.75, 3.05) is 24.4 Å². The van der Waals surface area contributed by atoms with E-state index in [1.807, 2.05) is 37.3 Å². The molecule has 2 amide bonds. The molecule has 2 N–H and O–H groups in total. The molecule has 0 heterocycles. The number of methoxy groups -OCH3 is 1. The van der Waals surface area contributed by atoms with E-state index >= 15 is 0 Å². The highest BCUT2D eigenvalue weighted by Crippen LogP contribution is 2.28. The number of nitrogens with one attached hydrogen (secondary N) is 2. The van der Waals surface area contributed by atoms with Gasteiger partial charge in [0.15, 0.2) is 6.61 Å². The average molecular weight is 384 g/mol. The Morgan fingerprint density at radius 2 is 1.75 bits per heavy atom. The van der Waals surface area contributed by atoms with Gasteiger partial charge in [-0.1, -0.05) is 37.3 Å². The lowest BCUT2D eigenvalue weighted by Gasteiger charge is -2.15. The van der Waals surface area contributed by atoms with Crippen LogP contribution >= 0.6 is 0 Å². The molecule has 148 valence electrons. The van der Waals surface area contributed by atoms with Gasteiger partial charge in [0.1, 0.15) is 5.75 Å². The number of esters is 1. The maximum Gasteiger partial charge on any atom is 0.313 e. The molecule has 0 aliphatic rings. The van der Waals surface area contributed by atoms with Crippen molar-refractivity contribution in [3.63, 3.8) is 0 Å². The molecule has 0 bridgehead atoms. The van der Waals surface area contributed by atoms with Crippen molar-refractivity contribution in [2.24, 2.45) is 0 Å². The normalized spacial score (nSPS) is 11.2. The van der Waals surface area contributed by atoms with Gasteiger partial charge in [0.05, 0.1) is 18.7 Å². The second-order valence-electron chi connectivity index (χ2n) is 6.12. The molecule has 0 saturated heterocycles. The lowest BCUT2D eigenvalue weighted by molar-refractivity contribution is -0.149. The number of rotatable bonds is 8. The molecule has 1 atom stereocenters. The van der Waals surface area contributed by atoms with Crippen LogP contribution in [0.2, 0.25) is 0 Å². The Hall–Kier alpha value is -3.35. The molecule has 0 aliphatic heterocycles. The van der Waals surface area contributed by atoms with Gasteiger partial charge in [-0.3, -0.25) is 14.4 Å². The summed E-state index contributed by atoms with van der Waals surface area (Å²) in [4.78, 5) is 35.8. The first-order valence-electron chi connectivity index (χ1n) is 8.91. The summed E-state index contributed by atoms with van der Waals surface area (Å²) in [5.41, 5.74) is 1.72.